The number of hydrogen-bond acceptors (Lipinski definition) is 8. The molecule has 1 aliphatic rings. The second-order valence-electron chi connectivity index (χ2n) is 6.92. The number of carbonyl (C=O) groups excluding carboxylic acids is 2. The van der Waals surface area contributed by atoms with Gasteiger partial charge in [-0.25, -0.2) is 4.98 Å². The van der Waals surface area contributed by atoms with Gasteiger partial charge in [-0.05, 0) is 24.3 Å². The maximum absolute atomic E-state index is 12.7. The normalized spacial score (nSPS) is 17.3. The molecular weight excluding hydrogens is 417 g/mol. The number of alkyl halides is 3. The highest BCUT2D eigenvalue weighted by Gasteiger charge is 2.31. The molecule has 0 radical (unpaired) electrons. The van der Waals surface area contributed by atoms with E-state index in [-0.39, 0.29) is 30.1 Å². The number of rotatable bonds is 8. The van der Waals surface area contributed by atoms with Crippen molar-refractivity contribution in [2.45, 2.75) is 24.7 Å². The van der Waals surface area contributed by atoms with E-state index in [1.807, 2.05) is 0 Å². The molecule has 1 aromatic carbocycles. The number of aldehydes is 1. The Hall–Kier alpha value is -3.41. The molecule has 0 bridgehead atoms. The minimum absolute atomic E-state index is 0.0293. The van der Waals surface area contributed by atoms with Crippen molar-refractivity contribution in [3.8, 4) is 5.75 Å². The van der Waals surface area contributed by atoms with Crippen LogP contribution in [0.4, 0.5) is 24.9 Å². The van der Waals surface area contributed by atoms with E-state index in [9.17, 15) is 22.8 Å². The topological polar surface area (TPSA) is 136 Å². The number of hydrogen-bond donors (Lipinski definition) is 3. The Morgan fingerprint density at radius 1 is 1.32 bits per heavy atom. The molecule has 2 atom stereocenters. The van der Waals surface area contributed by atoms with Gasteiger partial charge in [0.2, 0.25) is 5.95 Å². The molecule has 31 heavy (non-hydrogen) atoms. The van der Waals surface area contributed by atoms with Crippen LogP contribution < -0.4 is 26.4 Å². The summed E-state index contributed by atoms with van der Waals surface area (Å²) < 4.78 is 43.8. The highest BCUT2D eigenvalue weighted by molar-refractivity contribution is 5.92. The van der Waals surface area contributed by atoms with Crippen LogP contribution in [0.2, 0.25) is 0 Å². The summed E-state index contributed by atoms with van der Waals surface area (Å²) in [5, 5.41) is 2.80. The zero-order valence-corrected chi connectivity index (χ0v) is 16.3. The Labute approximate surface area is 175 Å². The van der Waals surface area contributed by atoms with Gasteiger partial charge < -0.3 is 31.2 Å². The molecule has 1 aromatic heterocycles. The monoisotopic (exact) mass is 438 g/mol. The smallest absolute Gasteiger partial charge is 0.416 e. The molecular formula is C19H21F3N6O3. The van der Waals surface area contributed by atoms with Gasteiger partial charge in [0.05, 0.1) is 18.2 Å². The zero-order chi connectivity index (χ0) is 22.6. The van der Waals surface area contributed by atoms with Crippen molar-refractivity contribution in [2.24, 2.45) is 11.5 Å². The van der Waals surface area contributed by atoms with Crippen LogP contribution in [-0.4, -0.2) is 53.9 Å². The fourth-order valence-electron chi connectivity index (χ4n) is 3.04. The van der Waals surface area contributed by atoms with Gasteiger partial charge in [-0.1, -0.05) is 0 Å². The Balaban J connectivity index is 1.71. The van der Waals surface area contributed by atoms with E-state index in [1.54, 1.807) is 4.90 Å². The number of nitrogens with two attached hydrogens (primary N) is 2. The summed E-state index contributed by atoms with van der Waals surface area (Å²) in [4.78, 5) is 32.9. The first-order valence-corrected chi connectivity index (χ1v) is 9.39. The Kier molecular flexibility index (Phi) is 6.59. The van der Waals surface area contributed by atoms with Crippen LogP contribution >= 0.6 is 0 Å². The first-order valence-electron chi connectivity index (χ1n) is 9.39. The molecule has 0 saturated carbocycles. The maximum Gasteiger partial charge on any atom is 0.416 e. The summed E-state index contributed by atoms with van der Waals surface area (Å²) in [6.07, 6.45) is -3.55. The zero-order valence-electron chi connectivity index (χ0n) is 16.3. The quantitative estimate of drug-likeness (QED) is 0.523. The van der Waals surface area contributed by atoms with Crippen LogP contribution in [0.25, 0.3) is 0 Å². The van der Waals surface area contributed by atoms with Crippen molar-refractivity contribution in [3.63, 3.8) is 0 Å². The van der Waals surface area contributed by atoms with Gasteiger partial charge in [0.15, 0.2) is 0 Å². The average Bonchev–Trinajstić information content (AvgIpc) is 3.20. The summed E-state index contributed by atoms with van der Waals surface area (Å²) in [6.45, 7) is 0.860. The van der Waals surface area contributed by atoms with Crippen LogP contribution in [0, 0.1) is 0 Å². The maximum atomic E-state index is 12.7. The number of halogens is 3. The first kappa shape index (κ1) is 22.3. The predicted molar refractivity (Wildman–Crippen MR) is 106 cm³/mol. The number of anilines is 2. The summed E-state index contributed by atoms with van der Waals surface area (Å²) in [5.74, 6) is -0.0305. The van der Waals surface area contributed by atoms with Gasteiger partial charge in [-0.2, -0.15) is 18.2 Å². The Morgan fingerprint density at radius 2 is 2.03 bits per heavy atom. The Morgan fingerprint density at radius 3 is 2.61 bits per heavy atom. The van der Waals surface area contributed by atoms with Crippen molar-refractivity contribution in [2.75, 3.05) is 29.9 Å². The van der Waals surface area contributed by atoms with Gasteiger partial charge in [0, 0.05) is 25.6 Å². The van der Waals surface area contributed by atoms with Crippen molar-refractivity contribution in [1.29, 1.82) is 0 Å². The van der Waals surface area contributed by atoms with Gasteiger partial charge in [0.1, 0.15) is 29.7 Å². The minimum atomic E-state index is -4.41. The van der Waals surface area contributed by atoms with Crippen LogP contribution in [0.15, 0.2) is 30.3 Å². The molecule has 1 amide bonds. The van der Waals surface area contributed by atoms with E-state index in [1.165, 1.54) is 18.2 Å². The number of amides is 1. The summed E-state index contributed by atoms with van der Waals surface area (Å²) in [7, 11) is 0. The lowest BCUT2D eigenvalue weighted by molar-refractivity contribution is -0.137. The molecule has 2 aromatic rings. The lowest BCUT2D eigenvalue weighted by Crippen LogP contribution is -2.32. The van der Waals surface area contributed by atoms with Crippen LogP contribution in [0.1, 0.15) is 22.5 Å². The number of nitrogens with one attached hydrogen (secondary N) is 1. The van der Waals surface area contributed by atoms with Gasteiger partial charge >= 0.3 is 6.18 Å². The van der Waals surface area contributed by atoms with Crippen molar-refractivity contribution < 1.29 is 27.5 Å². The van der Waals surface area contributed by atoms with Gasteiger partial charge in [0.25, 0.3) is 5.91 Å². The second kappa shape index (κ2) is 9.16. The number of nitrogens with zero attached hydrogens (tertiary/aromatic N) is 3. The molecule has 0 unspecified atom stereocenters. The third-order valence-electron chi connectivity index (χ3n) is 4.63. The molecule has 1 saturated heterocycles. The fraction of sp³-hybridized carbons (Fsp3) is 0.368. The van der Waals surface area contributed by atoms with E-state index >= 15 is 0 Å². The molecule has 0 spiro atoms. The molecule has 166 valence electrons. The van der Waals surface area contributed by atoms with E-state index in [4.69, 9.17) is 16.2 Å². The molecule has 5 N–H and O–H groups in total. The third kappa shape index (κ3) is 5.60. The molecule has 3 rings (SSSR count). The third-order valence-corrected chi connectivity index (χ3v) is 4.63. The Bertz CT molecular complexity index is 938. The lowest BCUT2D eigenvalue weighted by atomic mass is 10.2. The minimum Gasteiger partial charge on any atom is -0.489 e. The fourth-order valence-corrected chi connectivity index (χ4v) is 3.04. The number of primary amides is 1. The molecule has 1 aliphatic heterocycles. The van der Waals surface area contributed by atoms with Crippen LogP contribution in [0.5, 0.6) is 5.75 Å². The number of benzene rings is 1. The highest BCUT2D eigenvalue weighted by Crippen LogP contribution is 2.31. The SMILES string of the molecule is NC[C@@H](C=O)Nc1cc(C(N)=O)nc(N2CC[C@H](Oc3ccc(C(F)(F)F)cc3)C2)n1. The van der Waals surface area contributed by atoms with Crippen LogP contribution in [0.3, 0.4) is 0 Å². The van der Waals surface area contributed by atoms with Crippen molar-refractivity contribution in [3.05, 3.63) is 41.6 Å². The van der Waals surface area contributed by atoms with Gasteiger partial charge in [-0.15, -0.1) is 0 Å². The number of ether oxygens (including phenoxy) is 1. The summed E-state index contributed by atoms with van der Waals surface area (Å²) in [6, 6.07) is 5.08. The molecule has 2 heterocycles. The predicted octanol–water partition coefficient (Wildman–Crippen LogP) is 1.19. The molecule has 12 heteroatoms. The van der Waals surface area contributed by atoms with Crippen LogP contribution in [-0.2, 0) is 11.0 Å². The standard InChI is InChI=1S/C19H21F3N6O3/c20-19(21,22)11-1-3-13(4-2-11)31-14-5-6-28(9-14)18-26-15(17(24)30)7-16(27-18)25-12(8-23)10-29/h1-4,7,10,12,14H,5-6,8-9,23H2,(H2,24,30)(H,25,26,27)/t12-,14-/m0/s1. The van der Waals surface area contributed by atoms with E-state index in [0.29, 0.717) is 31.5 Å². The lowest BCUT2D eigenvalue weighted by Gasteiger charge is -2.19. The highest BCUT2D eigenvalue weighted by atomic mass is 19.4. The van der Waals surface area contributed by atoms with E-state index in [0.717, 1.165) is 12.1 Å². The van der Waals surface area contributed by atoms with E-state index < -0.39 is 23.7 Å². The average molecular weight is 438 g/mol. The second-order valence-corrected chi connectivity index (χ2v) is 6.92. The largest absolute Gasteiger partial charge is 0.489 e. The van der Waals surface area contributed by atoms with E-state index in [2.05, 4.69) is 15.3 Å². The molecule has 1 fully saturated rings. The summed E-state index contributed by atoms with van der Waals surface area (Å²) in [5.41, 5.74) is 10.0. The first-order chi connectivity index (χ1) is 14.7. The molecule has 0 aliphatic carbocycles. The summed E-state index contributed by atoms with van der Waals surface area (Å²) >= 11 is 0. The van der Waals surface area contributed by atoms with Crippen molar-refractivity contribution >= 4 is 24.0 Å². The van der Waals surface area contributed by atoms with Gasteiger partial charge in [-0.3, -0.25) is 4.79 Å². The van der Waals surface area contributed by atoms with Crippen molar-refractivity contribution in [1.82, 2.24) is 9.97 Å². The molecule has 9 nitrogen and oxygen atoms in total. The number of aromatic nitrogens is 2. The number of carbonyl (C=O) groups is 2.